The summed E-state index contributed by atoms with van der Waals surface area (Å²) in [6.07, 6.45) is -3.37. The van der Waals surface area contributed by atoms with Gasteiger partial charge in [-0.05, 0) is 30.9 Å². The van der Waals surface area contributed by atoms with Crippen LogP contribution in [0.15, 0.2) is 29.2 Å². The molecule has 2 atom stereocenters. The zero-order valence-electron chi connectivity index (χ0n) is 9.91. The number of nitrogens with two attached hydrogens (primary N) is 1. The average Bonchev–Trinajstić information content (AvgIpc) is 2.70. The van der Waals surface area contributed by atoms with Gasteiger partial charge in [-0.3, -0.25) is 0 Å². The lowest BCUT2D eigenvalue weighted by atomic mass is 10.0. The van der Waals surface area contributed by atoms with Crippen LogP contribution in [0.2, 0.25) is 0 Å². The molecule has 0 aliphatic carbocycles. The van der Waals surface area contributed by atoms with Gasteiger partial charge in [-0.15, -0.1) is 11.8 Å². The zero-order chi connectivity index (χ0) is 13.2. The molecule has 2 rings (SSSR count). The second-order valence-electron chi connectivity index (χ2n) is 4.64. The zero-order valence-corrected chi connectivity index (χ0v) is 10.7. The predicted molar refractivity (Wildman–Crippen MR) is 67.7 cm³/mol. The first-order chi connectivity index (χ1) is 8.46. The minimum absolute atomic E-state index is 0.123. The van der Waals surface area contributed by atoms with E-state index in [9.17, 15) is 13.2 Å². The van der Waals surface area contributed by atoms with Crippen molar-refractivity contribution in [1.82, 2.24) is 0 Å². The Bertz CT molecular complexity index is 380. The van der Waals surface area contributed by atoms with Crippen LogP contribution in [0.3, 0.4) is 0 Å². The Balaban J connectivity index is 1.81. The third-order valence-electron chi connectivity index (χ3n) is 3.15. The van der Waals surface area contributed by atoms with Gasteiger partial charge >= 0.3 is 6.18 Å². The molecule has 0 bridgehead atoms. The second-order valence-corrected chi connectivity index (χ2v) is 5.92. The average molecular weight is 275 g/mol. The number of hydrogen-bond donors (Lipinski definition) is 1. The lowest BCUT2D eigenvalue weighted by molar-refractivity contribution is -0.135. The van der Waals surface area contributed by atoms with Crippen LogP contribution < -0.4 is 5.73 Å². The van der Waals surface area contributed by atoms with Gasteiger partial charge < -0.3 is 5.73 Å². The molecule has 1 aliphatic heterocycles. The topological polar surface area (TPSA) is 26.0 Å². The van der Waals surface area contributed by atoms with E-state index < -0.39 is 12.6 Å². The maximum Gasteiger partial charge on any atom is 0.389 e. The minimum atomic E-state index is -4.06. The van der Waals surface area contributed by atoms with Crippen molar-refractivity contribution in [2.75, 3.05) is 0 Å². The van der Waals surface area contributed by atoms with Gasteiger partial charge in [0.15, 0.2) is 0 Å². The molecule has 18 heavy (non-hydrogen) atoms. The maximum atomic E-state index is 12.1. The summed E-state index contributed by atoms with van der Waals surface area (Å²) in [5.74, 6) is 0. The fourth-order valence-corrected chi connectivity index (χ4v) is 3.53. The number of alkyl halides is 3. The monoisotopic (exact) mass is 275 g/mol. The first-order valence-corrected chi connectivity index (χ1v) is 6.90. The highest BCUT2D eigenvalue weighted by atomic mass is 32.2. The fourth-order valence-electron chi connectivity index (χ4n) is 2.17. The molecule has 2 N–H and O–H groups in total. The van der Waals surface area contributed by atoms with Gasteiger partial charge in [0.25, 0.3) is 0 Å². The Labute approximate surface area is 109 Å². The van der Waals surface area contributed by atoms with Crippen molar-refractivity contribution in [1.29, 1.82) is 0 Å². The van der Waals surface area contributed by atoms with Crippen molar-refractivity contribution in [3.05, 3.63) is 29.8 Å². The molecule has 1 aromatic carbocycles. The number of benzene rings is 1. The molecule has 0 saturated carbocycles. The Morgan fingerprint density at radius 3 is 2.72 bits per heavy atom. The normalized spacial score (nSPS) is 20.8. The molecule has 100 valence electrons. The minimum Gasteiger partial charge on any atom is -0.327 e. The predicted octanol–water partition coefficient (Wildman–Crippen LogP) is 3.76. The van der Waals surface area contributed by atoms with Gasteiger partial charge in [0, 0.05) is 22.6 Å². The summed E-state index contributed by atoms with van der Waals surface area (Å²) in [4.78, 5) is 1.22. The summed E-state index contributed by atoms with van der Waals surface area (Å²) >= 11 is 1.70. The highest BCUT2D eigenvalue weighted by Crippen LogP contribution is 2.38. The summed E-state index contributed by atoms with van der Waals surface area (Å²) in [6.45, 7) is 0. The number of rotatable bonds is 4. The molecular weight excluding hydrogens is 259 g/mol. The molecule has 0 amide bonds. The largest absolute Gasteiger partial charge is 0.389 e. The Kier molecular flexibility index (Phi) is 4.22. The molecule has 0 saturated heterocycles. The van der Waals surface area contributed by atoms with Crippen LogP contribution in [-0.4, -0.2) is 17.5 Å². The van der Waals surface area contributed by atoms with Crippen LogP contribution in [-0.2, 0) is 6.42 Å². The van der Waals surface area contributed by atoms with Gasteiger partial charge in [-0.1, -0.05) is 18.2 Å². The van der Waals surface area contributed by atoms with E-state index in [4.69, 9.17) is 5.73 Å². The number of halogens is 3. The smallest absolute Gasteiger partial charge is 0.327 e. The van der Waals surface area contributed by atoms with Crippen LogP contribution in [0.25, 0.3) is 0 Å². The quantitative estimate of drug-likeness (QED) is 0.905. The van der Waals surface area contributed by atoms with Crippen LogP contribution in [0, 0.1) is 0 Å². The Morgan fingerprint density at radius 1 is 1.33 bits per heavy atom. The van der Waals surface area contributed by atoms with E-state index in [1.807, 2.05) is 18.2 Å². The van der Waals surface area contributed by atoms with Gasteiger partial charge in [0.05, 0.1) is 0 Å². The van der Waals surface area contributed by atoms with Crippen molar-refractivity contribution in [3.8, 4) is 0 Å². The Morgan fingerprint density at radius 2 is 2.06 bits per heavy atom. The number of thioether (sulfide) groups is 1. The molecule has 1 nitrogen and oxygen atoms in total. The SMILES string of the molecule is NC(CCCC(F)(F)F)C1Cc2ccccc2S1. The Hall–Kier alpha value is -0.680. The fraction of sp³-hybridized carbons (Fsp3) is 0.538. The first kappa shape index (κ1) is 13.7. The maximum absolute atomic E-state index is 12.1. The van der Waals surface area contributed by atoms with Crippen molar-refractivity contribution < 1.29 is 13.2 Å². The molecule has 1 aromatic rings. The molecule has 5 heteroatoms. The molecule has 0 fully saturated rings. The van der Waals surface area contributed by atoms with Crippen LogP contribution in [0.5, 0.6) is 0 Å². The standard InChI is InChI=1S/C13H16F3NS/c14-13(15,16)7-3-5-10(17)12-8-9-4-1-2-6-11(9)18-12/h1-2,4,6,10,12H,3,5,7-8,17H2. The second kappa shape index (κ2) is 5.53. The molecule has 2 unspecified atom stereocenters. The van der Waals surface area contributed by atoms with Crippen LogP contribution in [0.4, 0.5) is 13.2 Å². The van der Waals surface area contributed by atoms with Crippen molar-refractivity contribution in [2.45, 2.75) is 48.0 Å². The van der Waals surface area contributed by atoms with Crippen molar-refractivity contribution in [3.63, 3.8) is 0 Å². The van der Waals surface area contributed by atoms with Crippen LogP contribution in [0.1, 0.15) is 24.8 Å². The van der Waals surface area contributed by atoms with Gasteiger partial charge in [0.1, 0.15) is 0 Å². The lowest BCUT2D eigenvalue weighted by Crippen LogP contribution is -2.32. The van der Waals surface area contributed by atoms with Gasteiger partial charge in [0.2, 0.25) is 0 Å². The third kappa shape index (κ3) is 3.65. The summed E-state index contributed by atoms with van der Waals surface area (Å²) in [5.41, 5.74) is 7.26. The summed E-state index contributed by atoms with van der Waals surface area (Å²) in [5, 5.41) is 0.218. The molecule has 0 spiro atoms. The summed E-state index contributed by atoms with van der Waals surface area (Å²) in [6, 6.07) is 7.90. The molecule has 1 aliphatic rings. The van der Waals surface area contributed by atoms with Crippen LogP contribution >= 0.6 is 11.8 Å². The van der Waals surface area contributed by atoms with Crippen molar-refractivity contribution in [2.24, 2.45) is 5.73 Å². The van der Waals surface area contributed by atoms with Gasteiger partial charge in [-0.25, -0.2) is 0 Å². The van der Waals surface area contributed by atoms with E-state index >= 15 is 0 Å². The van der Waals surface area contributed by atoms with E-state index in [0.717, 1.165) is 6.42 Å². The van der Waals surface area contributed by atoms with E-state index in [1.54, 1.807) is 11.8 Å². The van der Waals surface area contributed by atoms with Gasteiger partial charge in [-0.2, -0.15) is 13.2 Å². The molecular formula is C13H16F3NS. The number of hydrogen-bond acceptors (Lipinski definition) is 2. The highest BCUT2D eigenvalue weighted by molar-refractivity contribution is 8.00. The molecule has 1 heterocycles. The third-order valence-corrected chi connectivity index (χ3v) is 4.62. The number of fused-ring (bicyclic) bond motifs is 1. The van der Waals surface area contributed by atoms with E-state index in [2.05, 4.69) is 6.07 Å². The molecule has 0 aromatic heterocycles. The van der Waals surface area contributed by atoms with E-state index in [-0.39, 0.29) is 17.7 Å². The van der Waals surface area contributed by atoms with Crippen molar-refractivity contribution >= 4 is 11.8 Å². The molecule has 0 radical (unpaired) electrons. The van der Waals surface area contributed by atoms with E-state index in [0.29, 0.717) is 6.42 Å². The summed E-state index contributed by atoms with van der Waals surface area (Å²) in [7, 11) is 0. The summed E-state index contributed by atoms with van der Waals surface area (Å²) < 4.78 is 36.2. The van der Waals surface area contributed by atoms with E-state index in [1.165, 1.54) is 10.5 Å². The highest BCUT2D eigenvalue weighted by Gasteiger charge is 2.29. The lowest BCUT2D eigenvalue weighted by Gasteiger charge is -2.18. The first-order valence-electron chi connectivity index (χ1n) is 6.02.